The summed E-state index contributed by atoms with van der Waals surface area (Å²) in [4.78, 5) is 13.3. The van der Waals surface area contributed by atoms with Crippen LogP contribution in [0.3, 0.4) is 0 Å². The van der Waals surface area contributed by atoms with Gasteiger partial charge < -0.3 is 21.5 Å². The number of nitrogens with zero attached hydrogens (tertiary/aromatic N) is 1. The van der Waals surface area contributed by atoms with E-state index in [1.165, 1.54) is 17.0 Å². The number of nitrogens with two attached hydrogens (primary N) is 2. The highest BCUT2D eigenvalue weighted by Gasteiger charge is 2.35. The Labute approximate surface area is 143 Å². The lowest BCUT2D eigenvalue weighted by atomic mass is 9.91. The van der Waals surface area contributed by atoms with Crippen molar-refractivity contribution in [3.63, 3.8) is 0 Å². The van der Waals surface area contributed by atoms with E-state index in [0.29, 0.717) is 24.9 Å². The van der Waals surface area contributed by atoms with E-state index in [9.17, 15) is 18.5 Å². The van der Waals surface area contributed by atoms with Crippen molar-refractivity contribution >= 4 is 16.8 Å². The maximum Gasteiger partial charge on any atom is 0.315 e. The van der Waals surface area contributed by atoms with Gasteiger partial charge in [0.15, 0.2) is 0 Å². The lowest BCUT2D eigenvalue weighted by molar-refractivity contribution is 0.160. The lowest BCUT2D eigenvalue weighted by Crippen LogP contribution is -2.46. The Bertz CT molecular complexity index is 627. The number of aliphatic hydroxyl groups excluding tert-OH is 1. The number of urea groups is 1. The average molecular weight is 357 g/mol. The van der Waals surface area contributed by atoms with Gasteiger partial charge in [-0.2, -0.15) is 0 Å². The van der Waals surface area contributed by atoms with E-state index < -0.39 is 34.8 Å². The van der Waals surface area contributed by atoms with E-state index >= 15 is 0 Å². The van der Waals surface area contributed by atoms with E-state index in [4.69, 9.17) is 11.5 Å². The molecule has 2 amide bonds. The number of aliphatic hydroxyl groups is 1. The molecule has 0 spiro atoms. The molecule has 1 heterocycles. The van der Waals surface area contributed by atoms with Crippen LogP contribution in [0.25, 0.3) is 0 Å². The number of amides is 2. The first-order valence-corrected chi connectivity index (χ1v) is 9.31. The fraction of sp³-hybridized carbons (Fsp3) is 0.562. The van der Waals surface area contributed by atoms with Gasteiger partial charge in [0.05, 0.1) is 12.1 Å². The number of carbonyl (C=O) groups is 1. The summed E-state index contributed by atoms with van der Waals surface area (Å²) in [6.07, 6.45) is 0.350. The molecule has 0 aliphatic carbocycles. The van der Waals surface area contributed by atoms with Crippen LogP contribution in [0.2, 0.25) is 0 Å². The summed E-state index contributed by atoms with van der Waals surface area (Å²) in [5, 5.41) is 9.30. The molecule has 1 fully saturated rings. The van der Waals surface area contributed by atoms with Crippen LogP contribution in [0.4, 0.5) is 9.18 Å². The van der Waals surface area contributed by atoms with Crippen LogP contribution in [-0.2, 0) is 17.3 Å². The Morgan fingerprint density at radius 1 is 1.54 bits per heavy atom. The molecule has 134 valence electrons. The standard InChI is InChI=1S/C16H24FN3O3S/c1-10(21)9-24(23)13-4-5-20(16(19)22)15(7-13)14-3-2-12(17)6-11(14)8-18/h2-3,6,10,13,15,21H,4-5,7-9,18H2,1H3,(H2,19,22)/t10-,13?,15?,24?/m1/s1. The molecule has 3 unspecified atom stereocenters. The molecule has 1 saturated heterocycles. The highest BCUT2D eigenvalue weighted by Crippen LogP contribution is 2.35. The van der Waals surface area contributed by atoms with Gasteiger partial charge in [-0.25, -0.2) is 9.18 Å². The molecule has 0 aromatic heterocycles. The number of piperidine rings is 1. The maximum absolute atomic E-state index is 13.5. The van der Waals surface area contributed by atoms with Crippen molar-refractivity contribution in [2.75, 3.05) is 12.3 Å². The number of halogens is 1. The second-order valence-corrected chi connectivity index (χ2v) is 7.90. The molecule has 1 aliphatic heterocycles. The van der Waals surface area contributed by atoms with Crippen LogP contribution in [-0.4, -0.2) is 43.9 Å². The number of primary amides is 1. The van der Waals surface area contributed by atoms with Crippen molar-refractivity contribution in [3.05, 3.63) is 35.1 Å². The summed E-state index contributed by atoms with van der Waals surface area (Å²) >= 11 is 0. The van der Waals surface area contributed by atoms with Gasteiger partial charge in [0.1, 0.15) is 5.82 Å². The molecule has 4 atom stereocenters. The molecule has 24 heavy (non-hydrogen) atoms. The highest BCUT2D eigenvalue weighted by molar-refractivity contribution is 7.85. The minimum Gasteiger partial charge on any atom is -0.392 e. The first-order valence-electron chi connectivity index (χ1n) is 7.93. The van der Waals surface area contributed by atoms with Crippen molar-refractivity contribution in [2.45, 2.75) is 43.7 Å². The third kappa shape index (κ3) is 4.31. The number of likely N-dealkylation sites (tertiary alicyclic amines) is 1. The zero-order chi connectivity index (χ0) is 17.9. The molecule has 6 nitrogen and oxygen atoms in total. The Morgan fingerprint density at radius 3 is 2.83 bits per heavy atom. The highest BCUT2D eigenvalue weighted by atomic mass is 32.2. The second kappa shape index (κ2) is 8.04. The molecule has 2 rings (SSSR count). The van der Waals surface area contributed by atoms with Gasteiger partial charge in [0, 0.05) is 34.9 Å². The minimum absolute atomic E-state index is 0.137. The summed E-state index contributed by atoms with van der Waals surface area (Å²) in [5.41, 5.74) is 12.5. The number of hydrogen-bond acceptors (Lipinski definition) is 4. The van der Waals surface area contributed by atoms with Gasteiger partial charge in [-0.1, -0.05) is 6.07 Å². The normalized spacial score (nSPS) is 23.8. The summed E-state index contributed by atoms with van der Waals surface area (Å²) in [7, 11) is -1.21. The number of rotatable bonds is 5. The second-order valence-electron chi connectivity index (χ2n) is 6.14. The van der Waals surface area contributed by atoms with E-state index in [2.05, 4.69) is 0 Å². The van der Waals surface area contributed by atoms with Crippen molar-refractivity contribution in [2.24, 2.45) is 11.5 Å². The zero-order valence-corrected chi connectivity index (χ0v) is 14.5. The maximum atomic E-state index is 13.5. The van der Waals surface area contributed by atoms with Crippen LogP contribution in [0.1, 0.15) is 36.9 Å². The number of carbonyl (C=O) groups excluding carboxylic acids is 1. The van der Waals surface area contributed by atoms with E-state index in [0.717, 1.165) is 5.56 Å². The molecule has 0 saturated carbocycles. The number of benzene rings is 1. The number of hydrogen-bond donors (Lipinski definition) is 3. The average Bonchev–Trinajstić information content (AvgIpc) is 2.53. The smallest absolute Gasteiger partial charge is 0.315 e. The van der Waals surface area contributed by atoms with E-state index in [1.807, 2.05) is 0 Å². The van der Waals surface area contributed by atoms with Gasteiger partial charge in [-0.3, -0.25) is 4.21 Å². The first-order chi connectivity index (χ1) is 11.3. The molecule has 0 radical (unpaired) electrons. The molecular weight excluding hydrogens is 333 g/mol. The molecular formula is C16H24FN3O3S. The fourth-order valence-corrected chi connectivity index (χ4v) is 4.69. The van der Waals surface area contributed by atoms with Crippen molar-refractivity contribution < 1.29 is 18.5 Å². The first kappa shape index (κ1) is 18.8. The van der Waals surface area contributed by atoms with Gasteiger partial charge in [-0.15, -0.1) is 0 Å². The molecule has 1 aromatic rings. The topological polar surface area (TPSA) is 110 Å². The van der Waals surface area contributed by atoms with Crippen molar-refractivity contribution in [1.29, 1.82) is 0 Å². The van der Waals surface area contributed by atoms with Gasteiger partial charge in [0.25, 0.3) is 0 Å². The van der Waals surface area contributed by atoms with Crippen LogP contribution in [0, 0.1) is 5.82 Å². The molecule has 8 heteroatoms. The summed E-state index contributed by atoms with van der Waals surface area (Å²) in [5.74, 6) is -0.198. The van der Waals surface area contributed by atoms with Crippen LogP contribution in [0.15, 0.2) is 18.2 Å². The van der Waals surface area contributed by atoms with E-state index in [-0.39, 0.29) is 17.5 Å². The lowest BCUT2D eigenvalue weighted by Gasteiger charge is -2.39. The van der Waals surface area contributed by atoms with E-state index in [1.54, 1.807) is 13.0 Å². The summed E-state index contributed by atoms with van der Waals surface area (Å²) in [6.45, 7) is 2.11. The monoisotopic (exact) mass is 357 g/mol. The Hall–Kier alpha value is -1.51. The predicted octanol–water partition coefficient (Wildman–Crippen LogP) is 0.998. The predicted molar refractivity (Wildman–Crippen MR) is 91.0 cm³/mol. The van der Waals surface area contributed by atoms with Crippen molar-refractivity contribution in [3.8, 4) is 0 Å². The fourth-order valence-electron chi connectivity index (χ4n) is 3.18. The Balaban J connectivity index is 2.31. The van der Waals surface area contributed by atoms with Gasteiger partial charge >= 0.3 is 6.03 Å². The van der Waals surface area contributed by atoms with Crippen LogP contribution in [0.5, 0.6) is 0 Å². The third-order valence-electron chi connectivity index (χ3n) is 4.30. The summed E-state index contributed by atoms with van der Waals surface area (Å²) < 4.78 is 25.9. The quantitative estimate of drug-likeness (QED) is 0.730. The zero-order valence-electron chi connectivity index (χ0n) is 13.7. The van der Waals surface area contributed by atoms with Crippen molar-refractivity contribution in [1.82, 2.24) is 4.90 Å². The Kier molecular flexibility index (Phi) is 6.31. The molecule has 1 aromatic carbocycles. The molecule has 0 bridgehead atoms. The molecule has 5 N–H and O–H groups in total. The third-order valence-corrected chi connectivity index (χ3v) is 6.28. The minimum atomic E-state index is -1.21. The van der Waals surface area contributed by atoms with Gasteiger partial charge in [-0.05, 0) is 43.0 Å². The Morgan fingerprint density at radius 2 is 2.25 bits per heavy atom. The van der Waals surface area contributed by atoms with Crippen LogP contribution >= 0.6 is 0 Å². The van der Waals surface area contributed by atoms with Crippen LogP contribution < -0.4 is 11.5 Å². The SMILES string of the molecule is C[C@@H](O)CS(=O)C1CCN(C(N)=O)C(c2ccc(F)cc2CN)C1. The molecule has 1 aliphatic rings. The largest absolute Gasteiger partial charge is 0.392 e. The summed E-state index contributed by atoms with van der Waals surface area (Å²) in [6, 6.07) is 3.33. The van der Waals surface area contributed by atoms with Gasteiger partial charge in [0.2, 0.25) is 0 Å².